The van der Waals surface area contributed by atoms with Gasteiger partial charge in [-0.25, -0.2) is 9.50 Å². The zero-order valence-electron chi connectivity index (χ0n) is 9.93. The molecular formula is C12H9Cl2N3OS. The highest BCUT2D eigenvalue weighted by Gasteiger charge is 2.10. The van der Waals surface area contributed by atoms with Gasteiger partial charge in [0.2, 0.25) is 4.96 Å². The molecule has 2 heterocycles. The van der Waals surface area contributed by atoms with E-state index in [4.69, 9.17) is 27.9 Å². The molecule has 0 bridgehead atoms. The van der Waals surface area contributed by atoms with Gasteiger partial charge in [0, 0.05) is 12.7 Å². The Morgan fingerprint density at radius 1 is 1.32 bits per heavy atom. The van der Waals surface area contributed by atoms with Crippen molar-refractivity contribution in [2.45, 2.75) is 6.61 Å². The first-order valence-corrected chi connectivity index (χ1v) is 7.04. The minimum absolute atomic E-state index is 0.496. The number of hydrogen-bond donors (Lipinski definition) is 0. The number of methoxy groups -OCH3 is 1. The predicted molar refractivity (Wildman–Crippen MR) is 77.0 cm³/mol. The van der Waals surface area contributed by atoms with Crippen LogP contribution in [-0.2, 0) is 11.3 Å². The number of rotatable bonds is 3. The summed E-state index contributed by atoms with van der Waals surface area (Å²) in [6, 6.07) is 5.44. The summed E-state index contributed by atoms with van der Waals surface area (Å²) in [5.41, 5.74) is 1.74. The van der Waals surface area contributed by atoms with Crippen LogP contribution < -0.4 is 0 Å². The van der Waals surface area contributed by atoms with Crippen LogP contribution in [0.2, 0.25) is 10.0 Å². The third-order valence-corrected chi connectivity index (χ3v) is 4.20. The van der Waals surface area contributed by atoms with Gasteiger partial charge in [-0.1, -0.05) is 40.6 Å². The van der Waals surface area contributed by atoms with Gasteiger partial charge in [-0.2, -0.15) is 5.10 Å². The number of aromatic nitrogens is 3. The molecular weight excluding hydrogens is 305 g/mol. The highest BCUT2D eigenvalue weighted by Crippen LogP contribution is 2.29. The highest BCUT2D eigenvalue weighted by atomic mass is 35.5. The van der Waals surface area contributed by atoms with Gasteiger partial charge in [0.15, 0.2) is 0 Å². The molecule has 7 heteroatoms. The van der Waals surface area contributed by atoms with E-state index in [2.05, 4.69) is 10.1 Å². The van der Waals surface area contributed by atoms with Crippen LogP contribution in [-0.4, -0.2) is 21.7 Å². The van der Waals surface area contributed by atoms with E-state index in [-0.39, 0.29) is 0 Å². The molecule has 0 atom stereocenters. The fraction of sp³-hybridized carbons (Fsp3) is 0.167. The van der Waals surface area contributed by atoms with Gasteiger partial charge in [0.05, 0.1) is 28.5 Å². The Morgan fingerprint density at radius 2 is 2.16 bits per heavy atom. The van der Waals surface area contributed by atoms with Gasteiger partial charge >= 0.3 is 0 Å². The maximum Gasteiger partial charge on any atom is 0.212 e. The molecule has 4 nitrogen and oxygen atoms in total. The third kappa shape index (κ3) is 2.47. The first kappa shape index (κ1) is 12.9. The highest BCUT2D eigenvalue weighted by molar-refractivity contribution is 7.16. The van der Waals surface area contributed by atoms with Crippen molar-refractivity contribution in [2.24, 2.45) is 0 Å². The Kier molecular flexibility index (Phi) is 3.45. The summed E-state index contributed by atoms with van der Waals surface area (Å²) < 4.78 is 6.79. The van der Waals surface area contributed by atoms with Crippen LogP contribution in [0.25, 0.3) is 16.2 Å². The summed E-state index contributed by atoms with van der Waals surface area (Å²) in [5.74, 6) is 0. The Balaban J connectivity index is 2.00. The molecule has 0 saturated heterocycles. The van der Waals surface area contributed by atoms with Crippen molar-refractivity contribution in [2.75, 3.05) is 7.11 Å². The van der Waals surface area contributed by atoms with E-state index >= 15 is 0 Å². The standard InChI is InChI=1S/C12H9Cl2N3OS/c1-18-6-11-16-17-5-10(15-12(17)19-11)7-2-3-8(13)9(14)4-7/h2-5H,6H2,1H3. The summed E-state index contributed by atoms with van der Waals surface area (Å²) in [7, 11) is 1.64. The smallest absolute Gasteiger partial charge is 0.212 e. The number of ether oxygens (including phenoxy) is 1. The van der Waals surface area contributed by atoms with E-state index in [1.807, 2.05) is 12.3 Å². The average Bonchev–Trinajstić information content (AvgIpc) is 2.91. The van der Waals surface area contributed by atoms with Crippen LogP contribution in [0, 0.1) is 0 Å². The second-order valence-electron chi connectivity index (χ2n) is 3.91. The monoisotopic (exact) mass is 313 g/mol. The number of fused-ring (bicyclic) bond motifs is 1. The lowest BCUT2D eigenvalue weighted by Crippen LogP contribution is -1.88. The number of imidazole rings is 1. The topological polar surface area (TPSA) is 39.4 Å². The van der Waals surface area contributed by atoms with Crippen molar-refractivity contribution in [1.82, 2.24) is 14.6 Å². The SMILES string of the molecule is COCc1nn2cc(-c3ccc(Cl)c(Cl)c3)nc2s1. The van der Waals surface area contributed by atoms with Crippen molar-refractivity contribution in [3.8, 4) is 11.3 Å². The van der Waals surface area contributed by atoms with Gasteiger partial charge < -0.3 is 4.74 Å². The van der Waals surface area contributed by atoms with Crippen molar-refractivity contribution in [3.63, 3.8) is 0 Å². The fourth-order valence-corrected chi connectivity index (χ4v) is 2.86. The molecule has 0 unspecified atom stereocenters. The lowest BCUT2D eigenvalue weighted by atomic mass is 10.2. The normalized spacial score (nSPS) is 11.3. The summed E-state index contributed by atoms with van der Waals surface area (Å²) in [4.78, 5) is 5.35. The minimum Gasteiger partial charge on any atom is -0.377 e. The van der Waals surface area contributed by atoms with Crippen molar-refractivity contribution < 1.29 is 4.74 Å². The average molecular weight is 314 g/mol. The molecule has 0 amide bonds. The summed E-state index contributed by atoms with van der Waals surface area (Å²) >= 11 is 13.4. The Morgan fingerprint density at radius 3 is 2.84 bits per heavy atom. The van der Waals surface area contributed by atoms with E-state index < -0.39 is 0 Å². The second kappa shape index (κ2) is 5.09. The van der Waals surface area contributed by atoms with Crippen molar-refractivity contribution >= 4 is 39.5 Å². The molecule has 0 spiro atoms. The maximum absolute atomic E-state index is 6.01. The predicted octanol–water partition coefficient (Wildman–Crippen LogP) is 3.91. The fourth-order valence-electron chi connectivity index (χ4n) is 1.72. The van der Waals surface area contributed by atoms with Crippen LogP contribution >= 0.6 is 34.5 Å². The number of benzene rings is 1. The Hall–Kier alpha value is -1.14. The Labute approximate surface area is 123 Å². The molecule has 98 valence electrons. The number of nitrogens with zero attached hydrogens (tertiary/aromatic N) is 3. The van der Waals surface area contributed by atoms with Gasteiger partial charge in [-0.15, -0.1) is 0 Å². The molecule has 19 heavy (non-hydrogen) atoms. The maximum atomic E-state index is 6.01. The van der Waals surface area contributed by atoms with E-state index in [0.29, 0.717) is 16.7 Å². The van der Waals surface area contributed by atoms with Crippen molar-refractivity contribution in [3.05, 3.63) is 39.4 Å². The van der Waals surface area contributed by atoms with E-state index in [9.17, 15) is 0 Å². The minimum atomic E-state index is 0.496. The molecule has 0 aliphatic carbocycles. The zero-order chi connectivity index (χ0) is 13.4. The molecule has 0 saturated carbocycles. The molecule has 0 fully saturated rings. The summed E-state index contributed by atoms with van der Waals surface area (Å²) in [6.45, 7) is 0.496. The van der Waals surface area contributed by atoms with Gasteiger partial charge in [0.1, 0.15) is 5.01 Å². The van der Waals surface area contributed by atoms with Crippen LogP contribution in [0.1, 0.15) is 5.01 Å². The van der Waals surface area contributed by atoms with Crippen LogP contribution in [0.5, 0.6) is 0 Å². The lowest BCUT2D eigenvalue weighted by molar-refractivity contribution is 0.183. The summed E-state index contributed by atoms with van der Waals surface area (Å²) in [6.07, 6.45) is 1.87. The Bertz CT molecular complexity index is 706. The molecule has 0 aliphatic heterocycles. The molecule has 3 rings (SSSR count). The third-order valence-electron chi connectivity index (χ3n) is 2.57. The molecule has 0 N–H and O–H groups in total. The largest absolute Gasteiger partial charge is 0.377 e. The summed E-state index contributed by atoms with van der Waals surface area (Å²) in [5, 5.41) is 6.32. The molecule has 0 aliphatic rings. The second-order valence-corrected chi connectivity index (χ2v) is 5.77. The molecule has 2 aromatic heterocycles. The van der Waals surface area contributed by atoms with Gasteiger partial charge in [0.25, 0.3) is 0 Å². The zero-order valence-corrected chi connectivity index (χ0v) is 12.3. The van der Waals surface area contributed by atoms with E-state index in [1.54, 1.807) is 23.8 Å². The first-order valence-electron chi connectivity index (χ1n) is 5.47. The van der Waals surface area contributed by atoms with E-state index in [1.165, 1.54) is 11.3 Å². The molecule has 0 radical (unpaired) electrons. The van der Waals surface area contributed by atoms with Crippen LogP contribution in [0.15, 0.2) is 24.4 Å². The van der Waals surface area contributed by atoms with Crippen LogP contribution in [0.4, 0.5) is 0 Å². The van der Waals surface area contributed by atoms with Crippen molar-refractivity contribution in [1.29, 1.82) is 0 Å². The van der Waals surface area contributed by atoms with E-state index in [0.717, 1.165) is 21.2 Å². The lowest BCUT2D eigenvalue weighted by Gasteiger charge is -1.99. The first-order chi connectivity index (χ1) is 9.17. The van der Waals surface area contributed by atoms with Crippen LogP contribution in [0.3, 0.4) is 0 Å². The quantitative estimate of drug-likeness (QED) is 0.736. The number of halogens is 2. The number of hydrogen-bond acceptors (Lipinski definition) is 4. The van der Waals surface area contributed by atoms with Gasteiger partial charge in [-0.05, 0) is 12.1 Å². The molecule has 3 aromatic rings. The molecule has 1 aromatic carbocycles. The van der Waals surface area contributed by atoms with Gasteiger partial charge in [-0.3, -0.25) is 0 Å².